The SMILES string of the molecule is C=CCOC(=O)C1CCCCC1C(=O)OC. The van der Waals surface area contributed by atoms with E-state index in [4.69, 9.17) is 9.47 Å². The van der Waals surface area contributed by atoms with Gasteiger partial charge in [0.2, 0.25) is 0 Å². The van der Waals surface area contributed by atoms with Crippen molar-refractivity contribution >= 4 is 11.9 Å². The molecule has 1 saturated carbocycles. The van der Waals surface area contributed by atoms with Gasteiger partial charge < -0.3 is 9.47 Å². The van der Waals surface area contributed by atoms with Crippen LogP contribution in [0.2, 0.25) is 0 Å². The number of carbonyl (C=O) groups is 2. The van der Waals surface area contributed by atoms with E-state index in [1.54, 1.807) is 0 Å². The third-order valence-corrected chi connectivity index (χ3v) is 2.92. The van der Waals surface area contributed by atoms with E-state index in [1.807, 2.05) is 0 Å². The maximum absolute atomic E-state index is 11.7. The molecule has 1 aliphatic carbocycles. The highest BCUT2D eigenvalue weighted by Crippen LogP contribution is 2.31. The van der Waals surface area contributed by atoms with Crippen molar-refractivity contribution in [2.75, 3.05) is 13.7 Å². The fraction of sp³-hybridized carbons (Fsp3) is 0.667. The molecule has 1 aliphatic rings. The standard InChI is InChI=1S/C12H18O4/c1-3-8-16-12(14)10-7-5-4-6-9(10)11(13)15-2/h3,9-10H,1,4-8H2,2H3. The van der Waals surface area contributed by atoms with Crippen LogP contribution in [0.4, 0.5) is 0 Å². The Morgan fingerprint density at radius 1 is 1.25 bits per heavy atom. The number of hydrogen-bond donors (Lipinski definition) is 0. The Morgan fingerprint density at radius 3 is 2.31 bits per heavy atom. The molecular weight excluding hydrogens is 208 g/mol. The minimum absolute atomic E-state index is 0.198. The van der Waals surface area contributed by atoms with E-state index in [9.17, 15) is 9.59 Å². The molecule has 0 saturated heterocycles. The van der Waals surface area contributed by atoms with Crippen LogP contribution < -0.4 is 0 Å². The molecule has 0 heterocycles. The monoisotopic (exact) mass is 226 g/mol. The van der Waals surface area contributed by atoms with Crippen LogP contribution in [0.15, 0.2) is 12.7 Å². The number of esters is 2. The number of carbonyl (C=O) groups excluding carboxylic acids is 2. The molecule has 0 bridgehead atoms. The Labute approximate surface area is 95.6 Å². The molecule has 2 atom stereocenters. The first-order chi connectivity index (χ1) is 7.70. The molecule has 0 aromatic carbocycles. The molecule has 1 fully saturated rings. The summed E-state index contributed by atoms with van der Waals surface area (Å²) in [5.41, 5.74) is 0. The Bertz CT molecular complexity index is 272. The lowest BCUT2D eigenvalue weighted by Gasteiger charge is -2.27. The van der Waals surface area contributed by atoms with Gasteiger partial charge in [-0.3, -0.25) is 9.59 Å². The molecule has 1 rings (SSSR count). The molecule has 0 amide bonds. The van der Waals surface area contributed by atoms with Crippen molar-refractivity contribution in [2.45, 2.75) is 25.7 Å². The van der Waals surface area contributed by atoms with Crippen LogP contribution in [0.5, 0.6) is 0 Å². The van der Waals surface area contributed by atoms with Gasteiger partial charge in [0.05, 0.1) is 18.9 Å². The van der Waals surface area contributed by atoms with Gasteiger partial charge in [-0.2, -0.15) is 0 Å². The van der Waals surface area contributed by atoms with Crippen LogP contribution >= 0.6 is 0 Å². The maximum atomic E-state index is 11.7. The first-order valence-corrected chi connectivity index (χ1v) is 5.56. The second-order valence-corrected chi connectivity index (χ2v) is 3.94. The van der Waals surface area contributed by atoms with Crippen molar-refractivity contribution in [1.82, 2.24) is 0 Å². The highest BCUT2D eigenvalue weighted by Gasteiger charge is 2.37. The van der Waals surface area contributed by atoms with E-state index in [-0.39, 0.29) is 30.4 Å². The highest BCUT2D eigenvalue weighted by molar-refractivity contribution is 5.82. The zero-order valence-electron chi connectivity index (χ0n) is 9.61. The van der Waals surface area contributed by atoms with E-state index in [1.165, 1.54) is 13.2 Å². The largest absolute Gasteiger partial charge is 0.469 e. The molecule has 0 spiro atoms. The minimum atomic E-state index is -0.346. The van der Waals surface area contributed by atoms with Crippen LogP contribution in [-0.4, -0.2) is 25.7 Å². The van der Waals surface area contributed by atoms with Gasteiger partial charge in [-0.05, 0) is 12.8 Å². The summed E-state index contributed by atoms with van der Waals surface area (Å²) in [6, 6.07) is 0. The predicted octanol–water partition coefficient (Wildman–Crippen LogP) is 1.70. The summed E-state index contributed by atoms with van der Waals surface area (Å²) < 4.78 is 9.70. The molecule has 2 unspecified atom stereocenters. The second kappa shape index (κ2) is 6.30. The molecule has 0 radical (unpaired) electrons. The van der Waals surface area contributed by atoms with Crippen molar-refractivity contribution in [3.05, 3.63) is 12.7 Å². The summed E-state index contributed by atoms with van der Waals surface area (Å²) >= 11 is 0. The zero-order valence-corrected chi connectivity index (χ0v) is 9.61. The third kappa shape index (κ3) is 3.08. The van der Waals surface area contributed by atoms with E-state index < -0.39 is 0 Å². The molecule has 4 heteroatoms. The normalized spacial score (nSPS) is 24.6. The van der Waals surface area contributed by atoms with Crippen LogP contribution in [0.3, 0.4) is 0 Å². The van der Waals surface area contributed by atoms with Crippen molar-refractivity contribution in [3.63, 3.8) is 0 Å². The number of methoxy groups -OCH3 is 1. The average Bonchev–Trinajstić information content (AvgIpc) is 2.35. The summed E-state index contributed by atoms with van der Waals surface area (Å²) in [5.74, 6) is -1.30. The molecule has 0 aromatic heterocycles. The molecule has 0 N–H and O–H groups in total. The number of rotatable bonds is 4. The van der Waals surface area contributed by atoms with Gasteiger partial charge in [0.25, 0.3) is 0 Å². The van der Waals surface area contributed by atoms with Crippen molar-refractivity contribution in [1.29, 1.82) is 0 Å². The molecule has 0 aliphatic heterocycles. The summed E-state index contributed by atoms with van der Waals surface area (Å²) in [6.07, 6.45) is 4.86. The topological polar surface area (TPSA) is 52.6 Å². The zero-order chi connectivity index (χ0) is 12.0. The summed E-state index contributed by atoms with van der Waals surface area (Å²) in [7, 11) is 1.35. The fourth-order valence-electron chi connectivity index (χ4n) is 2.09. The van der Waals surface area contributed by atoms with Crippen LogP contribution in [0, 0.1) is 11.8 Å². The highest BCUT2D eigenvalue weighted by atomic mass is 16.5. The molecular formula is C12H18O4. The Morgan fingerprint density at radius 2 is 1.81 bits per heavy atom. The molecule has 4 nitrogen and oxygen atoms in total. The van der Waals surface area contributed by atoms with E-state index in [0.29, 0.717) is 12.8 Å². The van der Waals surface area contributed by atoms with E-state index >= 15 is 0 Å². The lowest BCUT2D eigenvalue weighted by Crippen LogP contribution is -2.34. The van der Waals surface area contributed by atoms with Crippen molar-refractivity contribution in [3.8, 4) is 0 Å². The van der Waals surface area contributed by atoms with Gasteiger partial charge in [0, 0.05) is 0 Å². The number of hydrogen-bond acceptors (Lipinski definition) is 4. The van der Waals surface area contributed by atoms with Crippen LogP contribution in [0.1, 0.15) is 25.7 Å². The minimum Gasteiger partial charge on any atom is -0.469 e. The van der Waals surface area contributed by atoms with E-state index in [0.717, 1.165) is 12.8 Å². The Balaban J connectivity index is 2.62. The van der Waals surface area contributed by atoms with Gasteiger partial charge in [0.1, 0.15) is 6.61 Å². The van der Waals surface area contributed by atoms with Gasteiger partial charge in [-0.25, -0.2) is 0 Å². The quantitative estimate of drug-likeness (QED) is 0.540. The summed E-state index contributed by atoms with van der Waals surface area (Å²) in [5, 5.41) is 0. The Kier molecular flexibility index (Phi) is 5.02. The van der Waals surface area contributed by atoms with Gasteiger partial charge in [0.15, 0.2) is 0 Å². The first-order valence-electron chi connectivity index (χ1n) is 5.56. The van der Waals surface area contributed by atoms with Gasteiger partial charge in [-0.15, -0.1) is 0 Å². The molecule has 16 heavy (non-hydrogen) atoms. The maximum Gasteiger partial charge on any atom is 0.310 e. The first kappa shape index (κ1) is 12.7. The predicted molar refractivity (Wildman–Crippen MR) is 58.6 cm³/mol. The van der Waals surface area contributed by atoms with Crippen LogP contribution in [-0.2, 0) is 19.1 Å². The number of ether oxygens (including phenoxy) is 2. The lowest BCUT2D eigenvalue weighted by atomic mass is 9.79. The second-order valence-electron chi connectivity index (χ2n) is 3.94. The van der Waals surface area contributed by atoms with Crippen molar-refractivity contribution in [2.24, 2.45) is 11.8 Å². The lowest BCUT2D eigenvalue weighted by molar-refractivity contribution is -0.160. The fourth-order valence-corrected chi connectivity index (χ4v) is 2.09. The molecule has 90 valence electrons. The Hall–Kier alpha value is -1.32. The van der Waals surface area contributed by atoms with Gasteiger partial charge >= 0.3 is 11.9 Å². The smallest absolute Gasteiger partial charge is 0.310 e. The van der Waals surface area contributed by atoms with Gasteiger partial charge in [-0.1, -0.05) is 25.5 Å². The third-order valence-electron chi connectivity index (χ3n) is 2.92. The summed E-state index contributed by atoms with van der Waals surface area (Å²) in [4.78, 5) is 23.2. The summed E-state index contributed by atoms with van der Waals surface area (Å²) in [6.45, 7) is 3.68. The molecule has 0 aromatic rings. The average molecular weight is 226 g/mol. The van der Waals surface area contributed by atoms with E-state index in [2.05, 4.69) is 6.58 Å². The van der Waals surface area contributed by atoms with Crippen molar-refractivity contribution < 1.29 is 19.1 Å². The van der Waals surface area contributed by atoms with Crippen LogP contribution in [0.25, 0.3) is 0 Å².